The van der Waals surface area contributed by atoms with Gasteiger partial charge in [0, 0.05) is 31.4 Å². The van der Waals surface area contributed by atoms with Gasteiger partial charge in [-0.1, -0.05) is 6.92 Å². The minimum Gasteiger partial charge on any atom is -0.472 e. The van der Waals surface area contributed by atoms with Crippen LogP contribution in [-0.2, 0) is 0 Å². The number of anilines is 1. The average Bonchev–Trinajstić information content (AvgIpc) is 2.77. The highest BCUT2D eigenvalue weighted by atomic mass is 19.1. The molecule has 1 aliphatic heterocycles. The largest absolute Gasteiger partial charge is 0.472 e. The van der Waals surface area contributed by atoms with Gasteiger partial charge in [-0.25, -0.2) is 14.2 Å². The van der Waals surface area contributed by atoms with Crippen LogP contribution in [0.1, 0.15) is 24.2 Å². The van der Waals surface area contributed by atoms with Crippen LogP contribution in [-0.4, -0.2) is 70.7 Å². The average molecular weight is 430 g/mol. The molecule has 0 aliphatic carbocycles. The van der Waals surface area contributed by atoms with E-state index in [1.807, 2.05) is 6.92 Å². The number of likely N-dealkylation sites (N-methyl/N-ethyl adjacent to an activating group) is 1. The molecule has 0 unspecified atom stereocenters. The van der Waals surface area contributed by atoms with Crippen molar-refractivity contribution in [1.82, 2.24) is 14.8 Å². The number of ether oxygens (including phenoxy) is 1. The SMILES string of the molecule is C[C@H](CO)N1C[C@H](C)[C@H](CN(C)C(=O)Nc2ccc(F)cc2)Oc2ncccc2C1=O. The number of fused-ring (bicyclic) bond motifs is 1. The molecule has 3 rings (SSSR count). The fraction of sp³-hybridized carbons (Fsp3) is 0.409. The lowest BCUT2D eigenvalue weighted by Gasteiger charge is -2.37. The van der Waals surface area contributed by atoms with Crippen molar-refractivity contribution in [3.8, 4) is 5.88 Å². The van der Waals surface area contributed by atoms with Crippen LogP contribution in [0.5, 0.6) is 5.88 Å². The number of hydrogen-bond donors (Lipinski definition) is 2. The van der Waals surface area contributed by atoms with E-state index in [1.54, 1.807) is 37.2 Å². The van der Waals surface area contributed by atoms with Crippen LogP contribution in [0, 0.1) is 11.7 Å². The highest BCUT2D eigenvalue weighted by Gasteiger charge is 2.34. The third-order valence-corrected chi connectivity index (χ3v) is 5.34. The van der Waals surface area contributed by atoms with Crippen molar-refractivity contribution in [3.05, 3.63) is 54.0 Å². The zero-order chi connectivity index (χ0) is 22.5. The Kier molecular flexibility index (Phi) is 7.06. The predicted octanol–water partition coefficient (Wildman–Crippen LogP) is 2.60. The first-order valence-corrected chi connectivity index (χ1v) is 10.1. The van der Waals surface area contributed by atoms with Gasteiger partial charge in [0.25, 0.3) is 5.91 Å². The number of aromatic nitrogens is 1. The van der Waals surface area contributed by atoms with Crippen molar-refractivity contribution >= 4 is 17.6 Å². The van der Waals surface area contributed by atoms with Gasteiger partial charge in [-0.15, -0.1) is 0 Å². The Morgan fingerprint density at radius 2 is 2.10 bits per heavy atom. The molecule has 31 heavy (non-hydrogen) atoms. The molecule has 0 radical (unpaired) electrons. The van der Waals surface area contributed by atoms with Crippen molar-refractivity contribution in [1.29, 1.82) is 0 Å². The second-order valence-corrected chi connectivity index (χ2v) is 7.80. The zero-order valence-corrected chi connectivity index (χ0v) is 17.8. The highest BCUT2D eigenvalue weighted by Crippen LogP contribution is 2.26. The maximum Gasteiger partial charge on any atom is 0.321 e. The summed E-state index contributed by atoms with van der Waals surface area (Å²) in [6.45, 7) is 4.13. The molecule has 2 aromatic rings. The summed E-state index contributed by atoms with van der Waals surface area (Å²) in [5.74, 6) is -0.580. The summed E-state index contributed by atoms with van der Waals surface area (Å²) in [6.07, 6.45) is 1.10. The minimum atomic E-state index is -0.445. The number of hydrogen-bond acceptors (Lipinski definition) is 5. The Balaban J connectivity index is 1.78. The Morgan fingerprint density at radius 3 is 2.77 bits per heavy atom. The molecule has 8 nitrogen and oxygen atoms in total. The van der Waals surface area contributed by atoms with Crippen LogP contribution >= 0.6 is 0 Å². The number of carbonyl (C=O) groups excluding carboxylic acids is 2. The normalized spacial score (nSPS) is 19.5. The van der Waals surface area contributed by atoms with Gasteiger partial charge < -0.3 is 25.0 Å². The molecule has 166 valence electrons. The molecule has 1 aliphatic rings. The summed E-state index contributed by atoms with van der Waals surface area (Å²) in [7, 11) is 1.63. The van der Waals surface area contributed by atoms with E-state index in [4.69, 9.17) is 4.74 Å². The monoisotopic (exact) mass is 430 g/mol. The van der Waals surface area contributed by atoms with Crippen molar-refractivity contribution < 1.29 is 23.8 Å². The maximum absolute atomic E-state index is 13.1. The minimum absolute atomic E-state index is 0.144. The van der Waals surface area contributed by atoms with E-state index < -0.39 is 6.10 Å². The molecular weight excluding hydrogens is 403 g/mol. The summed E-state index contributed by atoms with van der Waals surface area (Å²) in [6, 6.07) is 8.05. The smallest absolute Gasteiger partial charge is 0.321 e. The Labute approximate surface area is 180 Å². The maximum atomic E-state index is 13.1. The number of aliphatic hydroxyl groups is 1. The van der Waals surface area contributed by atoms with Crippen molar-refractivity contribution in [2.24, 2.45) is 5.92 Å². The van der Waals surface area contributed by atoms with Crippen molar-refractivity contribution in [2.45, 2.75) is 26.0 Å². The number of amides is 3. The fourth-order valence-corrected chi connectivity index (χ4v) is 3.37. The molecule has 1 aromatic heterocycles. The number of rotatable bonds is 5. The number of pyridine rings is 1. The van der Waals surface area contributed by atoms with E-state index in [1.165, 1.54) is 29.2 Å². The molecular formula is C22H27FN4O4. The fourth-order valence-electron chi connectivity index (χ4n) is 3.37. The van der Waals surface area contributed by atoms with E-state index in [9.17, 15) is 19.1 Å². The van der Waals surface area contributed by atoms with Crippen LogP contribution in [0.4, 0.5) is 14.9 Å². The first-order chi connectivity index (χ1) is 14.8. The summed E-state index contributed by atoms with van der Waals surface area (Å²) in [5.41, 5.74) is 0.795. The molecule has 1 aromatic carbocycles. The second kappa shape index (κ2) is 9.74. The van der Waals surface area contributed by atoms with Gasteiger partial charge in [0.1, 0.15) is 17.5 Å². The molecule has 3 amide bonds. The van der Waals surface area contributed by atoms with Gasteiger partial charge in [0.15, 0.2) is 0 Å². The molecule has 0 spiro atoms. The van der Waals surface area contributed by atoms with Crippen LogP contribution in [0.15, 0.2) is 42.6 Å². The quantitative estimate of drug-likeness (QED) is 0.760. The lowest BCUT2D eigenvalue weighted by Crippen LogP contribution is -2.50. The van der Waals surface area contributed by atoms with Crippen LogP contribution in [0.2, 0.25) is 0 Å². The number of urea groups is 1. The van der Waals surface area contributed by atoms with Crippen molar-refractivity contribution in [2.75, 3.05) is 32.1 Å². The Morgan fingerprint density at radius 1 is 1.39 bits per heavy atom. The number of benzene rings is 1. The zero-order valence-electron chi connectivity index (χ0n) is 17.8. The Bertz CT molecular complexity index is 924. The lowest BCUT2D eigenvalue weighted by molar-refractivity contribution is 0.0356. The second-order valence-electron chi connectivity index (χ2n) is 7.80. The number of carbonyl (C=O) groups is 2. The van der Waals surface area contributed by atoms with E-state index in [0.29, 0.717) is 17.8 Å². The lowest BCUT2D eigenvalue weighted by atomic mass is 10.0. The summed E-state index contributed by atoms with van der Waals surface area (Å²) >= 11 is 0. The molecule has 0 bridgehead atoms. The molecule has 2 N–H and O–H groups in total. The van der Waals surface area contributed by atoms with Gasteiger partial charge >= 0.3 is 6.03 Å². The standard InChI is InChI=1S/C22H27FN4O4/c1-14-11-27(15(2)13-28)21(29)18-5-4-10-24-20(18)31-19(14)12-26(3)22(30)25-17-8-6-16(23)7-9-17/h4-10,14-15,19,28H,11-13H2,1-3H3,(H,25,30)/t14-,15+,19-/m0/s1. The third-order valence-electron chi connectivity index (χ3n) is 5.34. The Hall–Kier alpha value is -3.20. The molecule has 0 saturated carbocycles. The first kappa shape index (κ1) is 22.5. The van der Waals surface area contributed by atoms with E-state index in [-0.39, 0.29) is 48.7 Å². The number of aliphatic hydroxyl groups excluding tert-OH is 1. The number of nitrogens with one attached hydrogen (secondary N) is 1. The van der Waals surface area contributed by atoms with Gasteiger partial charge in [0.05, 0.1) is 19.2 Å². The van der Waals surface area contributed by atoms with Gasteiger partial charge in [-0.05, 0) is 43.3 Å². The first-order valence-electron chi connectivity index (χ1n) is 10.1. The van der Waals surface area contributed by atoms with Crippen molar-refractivity contribution in [3.63, 3.8) is 0 Å². The topological polar surface area (TPSA) is 95.0 Å². The molecule has 3 atom stereocenters. The number of halogens is 1. The predicted molar refractivity (Wildman–Crippen MR) is 113 cm³/mol. The molecule has 9 heteroatoms. The van der Waals surface area contributed by atoms with Crippen LogP contribution in [0.3, 0.4) is 0 Å². The van der Waals surface area contributed by atoms with Gasteiger partial charge in [-0.2, -0.15) is 0 Å². The van der Waals surface area contributed by atoms with Gasteiger partial charge in [-0.3, -0.25) is 4.79 Å². The molecule has 0 fully saturated rings. The highest BCUT2D eigenvalue weighted by molar-refractivity contribution is 5.96. The summed E-state index contributed by atoms with van der Waals surface area (Å²) in [4.78, 5) is 32.9. The number of nitrogens with zero attached hydrogens (tertiary/aromatic N) is 3. The molecule has 2 heterocycles. The van der Waals surface area contributed by atoms with E-state index >= 15 is 0 Å². The molecule has 0 saturated heterocycles. The summed E-state index contributed by atoms with van der Waals surface area (Å²) < 4.78 is 19.2. The summed E-state index contributed by atoms with van der Waals surface area (Å²) in [5, 5.41) is 12.3. The van der Waals surface area contributed by atoms with E-state index in [0.717, 1.165) is 0 Å². The van der Waals surface area contributed by atoms with Crippen LogP contribution < -0.4 is 10.1 Å². The van der Waals surface area contributed by atoms with Gasteiger partial charge in [0.2, 0.25) is 5.88 Å². The third kappa shape index (κ3) is 5.29. The van der Waals surface area contributed by atoms with E-state index in [2.05, 4.69) is 10.3 Å². The van der Waals surface area contributed by atoms with Crippen LogP contribution in [0.25, 0.3) is 0 Å².